The van der Waals surface area contributed by atoms with Crippen molar-refractivity contribution in [2.45, 2.75) is 5.41 Å². The number of nitrogens with zero attached hydrogens (tertiary/aromatic N) is 1. The zero-order valence-electron chi connectivity index (χ0n) is 30.8. The highest BCUT2D eigenvalue weighted by molar-refractivity contribution is 6.11. The molecule has 1 nitrogen and oxygen atoms in total. The van der Waals surface area contributed by atoms with E-state index in [-0.39, 0.29) is 0 Å². The Labute approximate surface area is 327 Å². The Morgan fingerprint density at radius 2 is 0.661 bits per heavy atom. The second-order valence-corrected chi connectivity index (χ2v) is 14.9. The fourth-order valence-electron chi connectivity index (χ4n) is 9.35. The minimum Gasteiger partial charge on any atom is -0.309 e. The summed E-state index contributed by atoms with van der Waals surface area (Å²) in [6.45, 7) is 0. The maximum atomic E-state index is 2.48. The molecule has 0 atom stereocenters. The van der Waals surface area contributed by atoms with Gasteiger partial charge in [-0.15, -0.1) is 0 Å². The molecular formula is C55H37N. The van der Waals surface area contributed by atoms with Crippen molar-refractivity contribution in [3.05, 3.63) is 247 Å². The van der Waals surface area contributed by atoms with Crippen LogP contribution in [0.15, 0.2) is 224 Å². The van der Waals surface area contributed by atoms with E-state index in [1.54, 1.807) is 0 Å². The SMILES string of the molecule is c1ccc(-c2ccc3c(c2)C(c2ccccc2)(c2ccccc2)c2cc(-n4c5ccc(-c6ccccc6)cc5c5cc(-c6ccccc6)ccc54)ccc2-3)cc1. The first-order valence-corrected chi connectivity index (χ1v) is 19.4. The van der Waals surface area contributed by atoms with Crippen molar-refractivity contribution in [1.29, 1.82) is 0 Å². The highest BCUT2D eigenvalue weighted by Crippen LogP contribution is 2.57. The molecule has 0 spiro atoms. The fourth-order valence-corrected chi connectivity index (χ4v) is 9.35. The van der Waals surface area contributed by atoms with Gasteiger partial charge in [-0.1, -0.05) is 182 Å². The van der Waals surface area contributed by atoms with E-state index < -0.39 is 5.41 Å². The molecule has 0 fully saturated rings. The van der Waals surface area contributed by atoms with Gasteiger partial charge >= 0.3 is 0 Å². The largest absolute Gasteiger partial charge is 0.309 e. The summed E-state index contributed by atoms with van der Waals surface area (Å²) >= 11 is 0. The van der Waals surface area contributed by atoms with Crippen LogP contribution < -0.4 is 0 Å². The van der Waals surface area contributed by atoms with Crippen molar-refractivity contribution in [2.24, 2.45) is 0 Å². The standard InChI is InChI=1S/C55H37N/c1-6-16-38(17-7-1)41-27-32-53-49(34-41)50-35-42(39-18-8-2-9-19-39)28-33-54(50)56(53)46-29-31-48-47-30-26-43(40-20-10-3-11-21-40)36-51(47)55(52(48)37-46,44-22-12-4-13-23-44)45-24-14-5-15-25-45/h1-37H. The van der Waals surface area contributed by atoms with Gasteiger partial charge in [0.15, 0.2) is 0 Å². The van der Waals surface area contributed by atoms with Crippen LogP contribution in [0.3, 0.4) is 0 Å². The molecule has 0 unspecified atom stereocenters. The second kappa shape index (κ2) is 13.0. The summed E-state index contributed by atoms with van der Waals surface area (Å²) in [7, 11) is 0. The molecule has 0 N–H and O–H groups in total. The summed E-state index contributed by atoms with van der Waals surface area (Å²) in [4.78, 5) is 0. The molecule has 1 aromatic heterocycles. The van der Waals surface area contributed by atoms with E-state index in [2.05, 4.69) is 229 Å². The summed E-state index contributed by atoms with van der Waals surface area (Å²) in [5, 5.41) is 2.49. The van der Waals surface area contributed by atoms with Crippen LogP contribution in [0.25, 0.3) is 72.0 Å². The van der Waals surface area contributed by atoms with Crippen molar-refractivity contribution in [1.82, 2.24) is 4.57 Å². The van der Waals surface area contributed by atoms with Gasteiger partial charge in [-0.2, -0.15) is 0 Å². The Morgan fingerprint density at radius 3 is 1.12 bits per heavy atom. The van der Waals surface area contributed by atoms with Gasteiger partial charge in [0, 0.05) is 16.5 Å². The van der Waals surface area contributed by atoms with Crippen molar-refractivity contribution in [3.63, 3.8) is 0 Å². The minimum absolute atomic E-state index is 0.534. The van der Waals surface area contributed by atoms with Crippen LogP contribution in [0.5, 0.6) is 0 Å². The van der Waals surface area contributed by atoms with Gasteiger partial charge in [0.2, 0.25) is 0 Å². The molecular weight excluding hydrogens is 675 g/mol. The van der Waals surface area contributed by atoms with Gasteiger partial charge in [-0.25, -0.2) is 0 Å². The van der Waals surface area contributed by atoms with E-state index in [1.807, 2.05) is 0 Å². The molecule has 0 amide bonds. The van der Waals surface area contributed by atoms with Gasteiger partial charge in [0.1, 0.15) is 0 Å². The highest BCUT2D eigenvalue weighted by atomic mass is 15.0. The molecule has 11 rings (SSSR count). The molecule has 262 valence electrons. The first-order chi connectivity index (χ1) is 27.8. The monoisotopic (exact) mass is 711 g/mol. The zero-order valence-corrected chi connectivity index (χ0v) is 30.8. The van der Waals surface area contributed by atoms with Crippen molar-refractivity contribution >= 4 is 21.8 Å². The third-order valence-electron chi connectivity index (χ3n) is 11.9. The van der Waals surface area contributed by atoms with E-state index in [0.29, 0.717) is 0 Å². The van der Waals surface area contributed by atoms with E-state index in [4.69, 9.17) is 0 Å². The lowest BCUT2D eigenvalue weighted by atomic mass is 9.67. The molecule has 1 aliphatic carbocycles. The summed E-state index contributed by atoms with van der Waals surface area (Å²) in [5.41, 5.74) is 18.0. The lowest BCUT2D eigenvalue weighted by Gasteiger charge is -2.34. The molecule has 0 saturated heterocycles. The maximum Gasteiger partial charge on any atom is 0.0714 e. The van der Waals surface area contributed by atoms with Crippen molar-refractivity contribution in [2.75, 3.05) is 0 Å². The van der Waals surface area contributed by atoms with Crippen LogP contribution in [-0.4, -0.2) is 4.57 Å². The quantitative estimate of drug-likeness (QED) is 0.162. The second-order valence-electron chi connectivity index (χ2n) is 14.9. The Morgan fingerprint density at radius 1 is 0.286 bits per heavy atom. The topological polar surface area (TPSA) is 4.93 Å². The first kappa shape index (κ1) is 32.2. The van der Waals surface area contributed by atoms with Gasteiger partial charge < -0.3 is 4.57 Å². The molecule has 0 saturated carbocycles. The Bertz CT molecular complexity index is 2900. The molecule has 0 bridgehead atoms. The summed E-state index contributed by atoms with van der Waals surface area (Å²) < 4.78 is 2.48. The van der Waals surface area contributed by atoms with Crippen LogP contribution in [0.4, 0.5) is 0 Å². The molecule has 9 aromatic carbocycles. The van der Waals surface area contributed by atoms with Crippen molar-refractivity contribution in [3.8, 4) is 50.2 Å². The van der Waals surface area contributed by atoms with Crippen LogP contribution in [0.2, 0.25) is 0 Å². The number of rotatable bonds is 6. The summed E-state index contributed by atoms with van der Waals surface area (Å²) in [6, 6.07) is 82.6. The fraction of sp³-hybridized carbons (Fsp3) is 0.0182. The molecule has 56 heavy (non-hydrogen) atoms. The Balaban J connectivity index is 1.20. The predicted octanol–water partition coefficient (Wildman–Crippen LogP) is 14.1. The molecule has 0 aliphatic heterocycles. The summed E-state index contributed by atoms with van der Waals surface area (Å²) in [6.07, 6.45) is 0. The smallest absolute Gasteiger partial charge is 0.0714 e. The number of aromatic nitrogens is 1. The summed E-state index contributed by atoms with van der Waals surface area (Å²) in [5.74, 6) is 0. The van der Waals surface area contributed by atoms with Gasteiger partial charge in [-0.05, 0) is 109 Å². The molecule has 1 heteroatoms. The number of fused-ring (bicyclic) bond motifs is 6. The Hall–Kier alpha value is -7.22. The van der Waals surface area contributed by atoms with E-state index >= 15 is 0 Å². The maximum absolute atomic E-state index is 2.48. The van der Waals surface area contributed by atoms with Gasteiger partial charge in [0.25, 0.3) is 0 Å². The van der Waals surface area contributed by atoms with Gasteiger partial charge in [0.05, 0.1) is 16.4 Å². The van der Waals surface area contributed by atoms with Crippen molar-refractivity contribution < 1.29 is 0 Å². The molecule has 1 aliphatic rings. The highest BCUT2D eigenvalue weighted by Gasteiger charge is 2.46. The van der Waals surface area contributed by atoms with E-state index in [0.717, 1.165) is 5.69 Å². The minimum atomic E-state index is -0.534. The third-order valence-corrected chi connectivity index (χ3v) is 11.9. The molecule has 0 radical (unpaired) electrons. The average molecular weight is 712 g/mol. The lowest BCUT2D eigenvalue weighted by molar-refractivity contribution is 0.768. The third kappa shape index (κ3) is 4.95. The van der Waals surface area contributed by atoms with E-state index in [1.165, 1.54) is 88.6 Å². The number of hydrogen-bond donors (Lipinski definition) is 0. The van der Waals surface area contributed by atoms with Crippen LogP contribution >= 0.6 is 0 Å². The van der Waals surface area contributed by atoms with Gasteiger partial charge in [-0.3, -0.25) is 0 Å². The van der Waals surface area contributed by atoms with Crippen LogP contribution in [0, 0.1) is 0 Å². The molecule has 10 aromatic rings. The number of hydrogen-bond acceptors (Lipinski definition) is 0. The Kier molecular flexibility index (Phi) is 7.47. The first-order valence-electron chi connectivity index (χ1n) is 19.4. The zero-order chi connectivity index (χ0) is 37.1. The molecule has 1 heterocycles. The normalized spacial score (nSPS) is 12.8. The van der Waals surface area contributed by atoms with E-state index in [9.17, 15) is 0 Å². The van der Waals surface area contributed by atoms with Crippen LogP contribution in [-0.2, 0) is 5.41 Å². The number of benzene rings is 9. The predicted molar refractivity (Wildman–Crippen MR) is 234 cm³/mol. The average Bonchev–Trinajstić information content (AvgIpc) is 3.77. The van der Waals surface area contributed by atoms with Crippen LogP contribution in [0.1, 0.15) is 22.3 Å². The lowest BCUT2D eigenvalue weighted by Crippen LogP contribution is -2.28.